The van der Waals surface area contributed by atoms with Crippen molar-refractivity contribution in [1.29, 1.82) is 0 Å². The quantitative estimate of drug-likeness (QED) is 0.911. The number of nitrogens with zero attached hydrogens (tertiary/aromatic N) is 2. The lowest BCUT2D eigenvalue weighted by Crippen LogP contribution is -2.21. The summed E-state index contributed by atoms with van der Waals surface area (Å²) in [4.78, 5) is 8.27. The predicted molar refractivity (Wildman–Crippen MR) is 78.8 cm³/mol. The fourth-order valence-corrected chi connectivity index (χ4v) is 2.43. The first-order chi connectivity index (χ1) is 9.02. The summed E-state index contributed by atoms with van der Waals surface area (Å²) in [6.45, 7) is 0. The van der Waals surface area contributed by atoms with E-state index >= 15 is 0 Å². The molecule has 1 atom stereocenters. The van der Waals surface area contributed by atoms with Gasteiger partial charge in [0.2, 0.25) is 0 Å². The Labute approximate surface area is 125 Å². The van der Waals surface area contributed by atoms with Crippen LogP contribution in [0.15, 0.2) is 24.5 Å². The van der Waals surface area contributed by atoms with Crippen LogP contribution in [0.25, 0.3) is 0 Å². The minimum atomic E-state index is -0.309. The largest absolute Gasteiger partial charge is 0.383 e. The molecule has 0 aliphatic heterocycles. The lowest BCUT2D eigenvalue weighted by molar-refractivity contribution is 0.671. The zero-order valence-corrected chi connectivity index (χ0v) is 12.3. The van der Waals surface area contributed by atoms with E-state index < -0.39 is 0 Å². The highest BCUT2D eigenvalue weighted by Gasteiger charge is 2.20. The van der Waals surface area contributed by atoms with Gasteiger partial charge in [-0.2, -0.15) is 0 Å². The molecule has 2 rings (SSSR count). The van der Waals surface area contributed by atoms with Crippen molar-refractivity contribution in [1.82, 2.24) is 15.3 Å². The molecule has 0 aliphatic carbocycles. The molecule has 2 aromatic rings. The molecule has 0 saturated heterocycles. The third-order valence-electron chi connectivity index (χ3n) is 2.63. The molecule has 3 N–H and O–H groups in total. The van der Waals surface area contributed by atoms with Crippen molar-refractivity contribution in [2.75, 3.05) is 12.8 Å². The summed E-state index contributed by atoms with van der Waals surface area (Å²) in [7, 11) is 1.78. The normalized spacial score (nSPS) is 12.4. The molecule has 0 aliphatic rings. The van der Waals surface area contributed by atoms with Crippen LogP contribution in [0.3, 0.4) is 0 Å². The molecule has 4 nitrogen and oxygen atoms in total. The van der Waals surface area contributed by atoms with E-state index in [0.717, 1.165) is 0 Å². The fourth-order valence-electron chi connectivity index (χ4n) is 1.77. The lowest BCUT2D eigenvalue weighted by Gasteiger charge is -2.18. The molecule has 0 radical (unpaired) electrons. The number of nitrogens with two attached hydrogens (primary N) is 1. The molecule has 0 aromatic carbocycles. The summed E-state index contributed by atoms with van der Waals surface area (Å²) < 4.78 is 0. The van der Waals surface area contributed by atoms with Crippen LogP contribution in [0.5, 0.6) is 0 Å². The molecular formula is C12H11Cl3N4. The zero-order valence-electron chi connectivity index (χ0n) is 9.99. The number of hydrogen-bond donors (Lipinski definition) is 2. The van der Waals surface area contributed by atoms with Crippen molar-refractivity contribution >= 4 is 40.6 Å². The van der Waals surface area contributed by atoms with Crippen molar-refractivity contribution in [2.24, 2.45) is 0 Å². The summed E-state index contributed by atoms with van der Waals surface area (Å²) in [5, 5.41) is 4.51. The van der Waals surface area contributed by atoms with Crippen molar-refractivity contribution in [3.8, 4) is 0 Å². The molecule has 1 unspecified atom stereocenters. The molecule has 7 heteroatoms. The van der Waals surface area contributed by atoms with Gasteiger partial charge in [0.1, 0.15) is 5.82 Å². The van der Waals surface area contributed by atoms with E-state index in [2.05, 4.69) is 15.3 Å². The third-order valence-corrected chi connectivity index (χ3v) is 3.34. The van der Waals surface area contributed by atoms with Crippen LogP contribution in [0.4, 0.5) is 5.82 Å². The Bertz CT molecular complexity index is 604. The Balaban J connectivity index is 2.52. The first-order valence-electron chi connectivity index (χ1n) is 5.42. The summed E-state index contributed by atoms with van der Waals surface area (Å²) in [6, 6.07) is 3.05. The number of pyridine rings is 2. The van der Waals surface area contributed by atoms with Gasteiger partial charge in [-0.15, -0.1) is 0 Å². The molecule has 2 heterocycles. The van der Waals surface area contributed by atoms with E-state index in [1.807, 2.05) is 0 Å². The standard InChI is InChI=1S/C12H11Cl3N4/c1-17-10(8-2-6(13)5-19-12(8)16)11-9(15)3-7(14)4-18-11/h2-5,10,17H,1H3,(H2,16,19). The summed E-state index contributed by atoms with van der Waals surface area (Å²) >= 11 is 18.0. The van der Waals surface area contributed by atoms with E-state index in [4.69, 9.17) is 40.5 Å². The second kappa shape index (κ2) is 5.92. The van der Waals surface area contributed by atoms with E-state index in [-0.39, 0.29) is 6.04 Å². The first kappa shape index (κ1) is 14.3. The fraction of sp³-hybridized carbons (Fsp3) is 0.167. The lowest BCUT2D eigenvalue weighted by atomic mass is 10.0. The number of nitrogen functional groups attached to an aromatic ring is 1. The smallest absolute Gasteiger partial charge is 0.128 e. The Hall–Kier alpha value is -1.07. The van der Waals surface area contributed by atoms with E-state index in [1.54, 1.807) is 19.2 Å². The van der Waals surface area contributed by atoms with Gasteiger partial charge in [-0.1, -0.05) is 34.8 Å². The van der Waals surface area contributed by atoms with Crippen molar-refractivity contribution in [2.45, 2.75) is 6.04 Å². The highest BCUT2D eigenvalue weighted by Crippen LogP contribution is 2.31. The van der Waals surface area contributed by atoms with Gasteiger partial charge in [-0.3, -0.25) is 4.98 Å². The predicted octanol–water partition coefficient (Wildman–Crippen LogP) is 3.33. The molecule has 2 aromatic heterocycles. The third kappa shape index (κ3) is 3.09. The highest BCUT2D eigenvalue weighted by atomic mass is 35.5. The Morgan fingerprint density at radius 2 is 1.74 bits per heavy atom. The number of rotatable bonds is 3. The van der Waals surface area contributed by atoms with Crippen LogP contribution in [-0.4, -0.2) is 17.0 Å². The van der Waals surface area contributed by atoms with Gasteiger partial charge < -0.3 is 11.1 Å². The average molecular weight is 318 g/mol. The molecular weight excluding hydrogens is 307 g/mol. The maximum Gasteiger partial charge on any atom is 0.128 e. The maximum atomic E-state index is 6.16. The number of hydrogen-bond acceptors (Lipinski definition) is 4. The van der Waals surface area contributed by atoms with Crippen LogP contribution in [-0.2, 0) is 0 Å². The van der Waals surface area contributed by atoms with Crippen LogP contribution in [0, 0.1) is 0 Å². The molecule has 0 amide bonds. The average Bonchev–Trinajstić information content (AvgIpc) is 2.36. The van der Waals surface area contributed by atoms with Gasteiger partial charge in [0.15, 0.2) is 0 Å². The van der Waals surface area contributed by atoms with Gasteiger partial charge in [-0.25, -0.2) is 4.98 Å². The number of aromatic nitrogens is 2. The molecule has 0 bridgehead atoms. The molecule has 0 saturated carbocycles. The maximum absolute atomic E-state index is 6.16. The topological polar surface area (TPSA) is 63.8 Å². The SMILES string of the molecule is CNC(c1cc(Cl)cnc1N)c1ncc(Cl)cc1Cl. The van der Waals surface area contributed by atoms with Gasteiger partial charge in [0.25, 0.3) is 0 Å². The summed E-state index contributed by atoms with van der Waals surface area (Å²) in [5.41, 5.74) is 7.21. The van der Waals surface area contributed by atoms with E-state index in [1.165, 1.54) is 12.4 Å². The van der Waals surface area contributed by atoms with Crippen molar-refractivity contribution in [3.63, 3.8) is 0 Å². The van der Waals surface area contributed by atoms with Gasteiger partial charge >= 0.3 is 0 Å². The van der Waals surface area contributed by atoms with Gasteiger partial charge in [0.05, 0.1) is 26.8 Å². The number of halogens is 3. The summed E-state index contributed by atoms with van der Waals surface area (Å²) in [6.07, 6.45) is 3.02. The minimum Gasteiger partial charge on any atom is -0.383 e. The highest BCUT2D eigenvalue weighted by molar-refractivity contribution is 6.34. The van der Waals surface area contributed by atoms with Crippen LogP contribution < -0.4 is 11.1 Å². The van der Waals surface area contributed by atoms with Gasteiger partial charge in [-0.05, 0) is 19.2 Å². The van der Waals surface area contributed by atoms with Crippen molar-refractivity contribution in [3.05, 3.63) is 50.9 Å². The first-order valence-corrected chi connectivity index (χ1v) is 6.55. The Morgan fingerprint density at radius 1 is 1.11 bits per heavy atom. The Kier molecular flexibility index (Phi) is 4.47. The van der Waals surface area contributed by atoms with Gasteiger partial charge in [0, 0.05) is 18.0 Å². The Morgan fingerprint density at radius 3 is 2.37 bits per heavy atom. The van der Waals surface area contributed by atoms with Crippen LogP contribution in [0.1, 0.15) is 17.3 Å². The van der Waals surface area contributed by atoms with E-state index in [0.29, 0.717) is 32.1 Å². The number of nitrogens with one attached hydrogen (secondary N) is 1. The second-order valence-corrected chi connectivity index (χ2v) is 5.15. The van der Waals surface area contributed by atoms with Crippen molar-refractivity contribution < 1.29 is 0 Å². The monoisotopic (exact) mass is 316 g/mol. The summed E-state index contributed by atoms with van der Waals surface area (Å²) in [5.74, 6) is 0.372. The number of anilines is 1. The molecule has 0 spiro atoms. The second-order valence-electron chi connectivity index (χ2n) is 3.87. The minimum absolute atomic E-state index is 0.309. The molecule has 100 valence electrons. The van der Waals surface area contributed by atoms with Crippen LogP contribution in [0.2, 0.25) is 15.1 Å². The molecule has 19 heavy (non-hydrogen) atoms. The zero-order chi connectivity index (χ0) is 14.0. The van der Waals surface area contributed by atoms with Crippen LogP contribution >= 0.6 is 34.8 Å². The van der Waals surface area contributed by atoms with E-state index in [9.17, 15) is 0 Å². The molecule has 0 fully saturated rings.